The maximum absolute atomic E-state index is 13.6. The second kappa shape index (κ2) is 5.14. The average molecular weight is 300 g/mol. The Morgan fingerprint density at radius 1 is 1.40 bits per heavy atom. The van der Waals surface area contributed by atoms with Gasteiger partial charge in [-0.25, -0.2) is 17.9 Å². The van der Waals surface area contributed by atoms with Gasteiger partial charge in [0.15, 0.2) is 0 Å². The maximum atomic E-state index is 13.6. The van der Waals surface area contributed by atoms with Crippen molar-refractivity contribution in [1.82, 2.24) is 4.90 Å². The van der Waals surface area contributed by atoms with Crippen molar-refractivity contribution in [3.63, 3.8) is 0 Å². The number of hydrogen-bond acceptors (Lipinski definition) is 3. The van der Waals surface area contributed by atoms with Crippen LogP contribution in [0.4, 0.5) is 4.39 Å². The molecule has 5 nitrogen and oxygen atoms in total. The molecule has 2 N–H and O–H groups in total. The van der Waals surface area contributed by atoms with Crippen LogP contribution in [-0.4, -0.2) is 32.3 Å². The fourth-order valence-corrected chi connectivity index (χ4v) is 3.12. The van der Waals surface area contributed by atoms with E-state index in [1.807, 2.05) is 0 Å². The van der Waals surface area contributed by atoms with Gasteiger partial charge in [-0.2, -0.15) is 0 Å². The van der Waals surface area contributed by atoms with Gasteiger partial charge in [-0.1, -0.05) is 0 Å². The Hall–Kier alpha value is -1.47. The molecule has 1 aliphatic carbocycles. The van der Waals surface area contributed by atoms with Crippen LogP contribution in [0.25, 0.3) is 0 Å². The second-order valence-electron chi connectivity index (χ2n) is 5.12. The number of halogens is 1. The van der Waals surface area contributed by atoms with Gasteiger partial charge in [-0.15, -0.1) is 0 Å². The third kappa shape index (κ3) is 2.69. The van der Waals surface area contributed by atoms with Crippen molar-refractivity contribution >= 4 is 15.9 Å². The number of primary sulfonamides is 1. The Balaban J connectivity index is 2.46. The molecule has 110 valence electrons. The van der Waals surface area contributed by atoms with Gasteiger partial charge in [-0.3, -0.25) is 4.79 Å². The van der Waals surface area contributed by atoms with Crippen LogP contribution in [0.5, 0.6) is 0 Å². The number of nitrogens with two attached hydrogens (primary N) is 1. The lowest BCUT2D eigenvalue weighted by molar-refractivity contribution is 0.0650. The third-order valence-corrected chi connectivity index (χ3v) is 4.84. The predicted octanol–water partition coefficient (Wildman–Crippen LogP) is 1.41. The summed E-state index contributed by atoms with van der Waals surface area (Å²) in [6.45, 7) is 1.46. The van der Waals surface area contributed by atoms with Crippen molar-refractivity contribution < 1.29 is 17.6 Å². The molecular weight excluding hydrogens is 283 g/mol. The highest BCUT2D eigenvalue weighted by atomic mass is 32.2. The molecule has 1 aromatic carbocycles. The average Bonchev–Trinajstić information content (AvgIpc) is 2.27. The minimum atomic E-state index is -4.06. The summed E-state index contributed by atoms with van der Waals surface area (Å²) in [6.07, 6.45) is 2.89. The molecule has 1 saturated carbocycles. The van der Waals surface area contributed by atoms with E-state index in [-0.39, 0.29) is 28.0 Å². The SMILES string of the molecule is Cc1c(C(=O)N(C)C2CCC2)cc(F)cc1S(N)(=O)=O. The van der Waals surface area contributed by atoms with Gasteiger partial charge in [-0.05, 0) is 43.9 Å². The zero-order valence-electron chi connectivity index (χ0n) is 11.4. The fraction of sp³-hybridized carbons (Fsp3) is 0.462. The monoisotopic (exact) mass is 300 g/mol. The van der Waals surface area contributed by atoms with Gasteiger partial charge in [0.25, 0.3) is 5.91 Å². The number of benzene rings is 1. The lowest BCUT2D eigenvalue weighted by Gasteiger charge is -2.35. The van der Waals surface area contributed by atoms with E-state index in [2.05, 4.69) is 0 Å². The quantitative estimate of drug-likeness (QED) is 0.916. The number of carbonyl (C=O) groups excluding carboxylic acids is 1. The third-order valence-electron chi connectivity index (χ3n) is 3.80. The number of carbonyl (C=O) groups is 1. The fourth-order valence-electron chi connectivity index (χ4n) is 2.30. The van der Waals surface area contributed by atoms with Gasteiger partial charge >= 0.3 is 0 Å². The first-order valence-electron chi connectivity index (χ1n) is 6.32. The number of rotatable bonds is 3. The molecule has 0 unspecified atom stereocenters. The van der Waals surface area contributed by atoms with E-state index in [1.54, 1.807) is 7.05 Å². The Morgan fingerprint density at radius 2 is 2.00 bits per heavy atom. The lowest BCUT2D eigenvalue weighted by atomic mass is 9.91. The molecule has 0 bridgehead atoms. The van der Waals surface area contributed by atoms with E-state index in [1.165, 1.54) is 11.8 Å². The summed E-state index contributed by atoms with van der Waals surface area (Å²) in [5.74, 6) is -1.17. The highest BCUT2D eigenvalue weighted by molar-refractivity contribution is 7.89. The molecule has 1 aromatic rings. The number of sulfonamides is 1. The summed E-state index contributed by atoms with van der Waals surface area (Å²) in [6, 6.07) is 2.04. The zero-order chi connectivity index (χ0) is 15.1. The summed E-state index contributed by atoms with van der Waals surface area (Å²) < 4.78 is 36.4. The highest BCUT2D eigenvalue weighted by Gasteiger charge is 2.28. The van der Waals surface area contributed by atoms with Crippen LogP contribution in [0.3, 0.4) is 0 Å². The van der Waals surface area contributed by atoms with Crippen LogP contribution in [0.15, 0.2) is 17.0 Å². The van der Waals surface area contributed by atoms with E-state index in [4.69, 9.17) is 5.14 Å². The maximum Gasteiger partial charge on any atom is 0.254 e. The molecule has 0 saturated heterocycles. The van der Waals surface area contributed by atoms with Gasteiger partial charge in [0.2, 0.25) is 10.0 Å². The van der Waals surface area contributed by atoms with Crippen LogP contribution < -0.4 is 5.14 Å². The molecule has 0 heterocycles. The molecule has 0 radical (unpaired) electrons. The highest BCUT2D eigenvalue weighted by Crippen LogP contribution is 2.27. The molecule has 0 atom stereocenters. The molecular formula is C13H17FN2O3S. The van der Waals surface area contributed by atoms with E-state index >= 15 is 0 Å². The number of amides is 1. The van der Waals surface area contributed by atoms with Crippen molar-refractivity contribution in [2.24, 2.45) is 5.14 Å². The van der Waals surface area contributed by atoms with Crippen LogP contribution >= 0.6 is 0 Å². The topological polar surface area (TPSA) is 80.5 Å². The Labute approximate surface area is 117 Å². The second-order valence-corrected chi connectivity index (χ2v) is 6.65. The van der Waals surface area contributed by atoms with Crippen LogP contribution in [0, 0.1) is 12.7 Å². The van der Waals surface area contributed by atoms with Crippen molar-refractivity contribution in [3.05, 3.63) is 29.1 Å². The molecule has 2 rings (SSSR count). The molecule has 1 fully saturated rings. The summed E-state index contributed by atoms with van der Waals surface area (Å²) in [5.41, 5.74) is 0.230. The summed E-state index contributed by atoms with van der Waals surface area (Å²) in [5, 5.41) is 5.05. The summed E-state index contributed by atoms with van der Waals surface area (Å²) >= 11 is 0. The predicted molar refractivity (Wildman–Crippen MR) is 72.2 cm³/mol. The molecule has 7 heteroatoms. The van der Waals surface area contributed by atoms with Gasteiger partial charge < -0.3 is 4.90 Å². The van der Waals surface area contributed by atoms with Crippen LogP contribution in [-0.2, 0) is 10.0 Å². The standard InChI is InChI=1S/C13H17FN2O3S/c1-8-11(13(17)16(2)10-4-3-5-10)6-9(14)7-12(8)20(15,18)19/h6-7,10H,3-5H2,1-2H3,(H2,15,18,19). The summed E-state index contributed by atoms with van der Waals surface area (Å²) in [4.78, 5) is 13.6. The Kier molecular flexibility index (Phi) is 3.84. The van der Waals surface area contributed by atoms with Gasteiger partial charge in [0, 0.05) is 18.7 Å². The van der Waals surface area contributed by atoms with Crippen LogP contribution in [0.2, 0.25) is 0 Å². The molecule has 0 aromatic heterocycles. The van der Waals surface area contributed by atoms with E-state index in [9.17, 15) is 17.6 Å². The van der Waals surface area contributed by atoms with Crippen molar-refractivity contribution in [1.29, 1.82) is 0 Å². The number of nitrogens with zero attached hydrogens (tertiary/aromatic N) is 1. The summed E-state index contributed by atoms with van der Waals surface area (Å²) in [7, 11) is -2.41. The Morgan fingerprint density at radius 3 is 2.45 bits per heavy atom. The van der Waals surface area contributed by atoms with Crippen molar-refractivity contribution in [2.75, 3.05) is 7.05 Å². The van der Waals surface area contributed by atoms with E-state index in [0.717, 1.165) is 31.4 Å². The van der Waals surface area contributed by atoms with E-state index in [0.29, 0.717) is 0 Å². The first-order valence-corrected chi connectivity index (χ1v) is 7.86. The molecule has 1 aliphatic rings. The van der Waals surface area contributed by atoms with Gasteiger partial charge in [0.1, 0.15) is 5.82 Å². The first kappa shape index (κ1) is 14.9. The van der Waals surface area contributed by atoms with E-state index < -0.39 is 15.8 Å². The van der Waals surface area contributed by atoms with Gasteiger partial charge in [0.05, 0.1) is 4.90 Å². The minimum Gasteiger partial charge on any atom is -0.339 e. The number of hydrogen-bond donors (Lipinski definition) is 1. The Bertz CT molecular complexity index is 654. The molecule has 0 aliphatic heterocycles. The zero-order valence-corrected chi connectivity index (χ0v) is 12.2. The molecule has 1 amide bonds. The molecule has 0 spiro atoms. The van der Waals surface area contributed by atoms with Crippen LogP contribution in [0.1, 0.15) is 35.2 Å². The first-order chi connectivity index (χ1) is 9.21. The lowest BCUT2D eigenvalue weighted by Crippen LogP contribution is -2.41. The largest absolute Gasteiger partial charge is 0.339 e. The molecule has 20 heavy (non-hydrogen) atoms. The minimum absolute atomic E-state index is 0.0448. The smallest absolute Gasteiger partial charge is 0.254 e. The van der Waals surface area contributed by atoms with Crippen molar-refractivity contribution in [3.8, 4) is 0 Å². The normalized spacial score (nSPS) is 15.8. The van der Waals surface area contributed by atoms with Crippen molar-refractivity contribution in [2.45, 2.75) is 37.1 Å².